The first-order chi connectivity index (χ1) is 9.12. The number of thiophene rings is 1. The summed E-state index contributed by atoms with van der Waals surface area (Å²) in [5, 5.41) is 1.62. The first-order valence-corrected chi connectivity index (χ1v) is 8.29. The molecule has 0 amide bonds. The maximum absolute atomic E-state index is 12.0. The Labute approximate surface area is 117 Å². The molecule has 0 unspecified atom stereocenters. The van der Waals surface area contributed by atoms with Crippen molar-refractivity contribution < 1.29 is 8.42 Å². The number of nitrogens with one attached hydrogen (secondary N) is 1. The molecule has 0 spiro atoms. The van der Waals surface area contributed by atoms with Crippen LogP contribution in [-0.4, -0.2) is 15.0 Å². The van der Waals surface area contributed by atoms with Crippen LogP contribution in [0.2, 0.25) is 0 Å². The Morgan fingerprint density at radius 2 is 1.95 bits per heavy atom. The first kappa shape index (κ1) is 14.2. The molecule has 1 aromatic carbocycles. The molecule has 6 heteroatoms. The molecule has 19 heavy (non-hydrogen) atoms. The molecule has 0 saturated carbocycles. The summed E-state index contributed by atoms with van der Waals surface area (Å²) in [5.41, 5.74) is 6.59. The van der Waals surface area contributed by atoms with E-state index in [0.717, 1.165) is 10.4 Å². The maximum Gasteiger partial charge on any atom is 0.241 e. The Morgan fingerprint density at radius 3 is 2.58 bits per heavy atom. The molecule has 2 aromatic rings. The smallest absolute Gasteiger partial charge is 0.241 e. The van der Waals surface area contributed by atoms with Crippen LogP contribution < -0.4 is 10.5 Å². The number of hydrogen-bond acceptors (Lipinski definition) is 4. The lowest BCUT2D eigenvalue weighted by Crippen LogP contribution is -2.25. The van der Waals surface area contributed by atoms with Crippen LogP contribution in [-0.2, 0) is 23.0 Å². The molecule has 0 fully saturated rings. The second-order valence-corrected chi connectivity index (χ2v) is 6.85. The minimum absolute atomic E-state index is 0.297. The van der Waals surface area contributed by atoms with Crippen LogP contribution in [0.15, 0.2) is 46.7 Å². The average molecular weight is 296 g/mol. The molecule has 0 aliphatic heterocycles. The van der Waals surface area contributed by atoms with Crippen LogP contribution in [0.1, 0.15) is 10.4 Å². The first-order valence-electron chi connectivity index (χ1n) is 5.93. The zero-order valence-electron chi connectivity index (χ0n) is 10.4. The highest BCUT2D eigenvalue weighted by molar-refractivity contribution is 7.89. The van der Waals surface area contributed by atoms with E-state index in [0.29, 0.717) is 24.4 Å². The summed E-state index contributed by atoms with van der Waals surface area (Å²) in [4.78, 5) is 1.16. The monoisotopic (exact) mass is 296 g/mol. The topological polar surface area (TPSA) is 72.2 Å². The van der Waals surface area contributed by atoms with Crippen molar-refractivity contribution in [3.8, 4) is 0 Å². The molecule has 1 aromatic heterocycles. The summed E-state index contributed by atoms with van der Waals surface area (Å²) < 4.78 is 26.6. The van der Waals surface area contributed by atoms with Gasteiger partial charge in [-0.1, -0.05) is 30.3 Å². The standard InChI is InChI=1S/C13H16N2O2S2/c14-9-12-8-13(10-18-12)19(16,17)15-7-6-11-4-2-1-3-5-11/h1-5,8,10,15H,6-7,9,14H2. The van der Waals surface area contributed by atoms with Crippen molar-refractivity contribution in [2.24, 2.45) is 5.73 Å². The minimum Gasteiger partial charge on any atom is -0.326 e. The predicted molar refractivity (Wildman–Crippen MR) is 77.5 cm³/mol. The number of rotatable bonds is 6. The third-order valence-electron chi connectivity index (χ3n) is 2.69. The predicted octanol–water partition coefficient (Wildman–Crippen LogP) is 1.73. The highest BCUT2D eigenvalue weighted by Crippen LogP contribution is 2.18. The van der Waals surface area contributed by atoms with Gasteiger partial charge in [-0.25, -0.2) is 13.1 Å². The normalized spacial score (nSPS) is 11.6. The van der Waals surface area contributed by atoms with Crippen molar-refractivity contribution in [1.82, 2.24) is 4.72 Å². The highest BCUT2D eigenvalue weighted by atomic mass is 32.2. The van der Waals surface area contributed by atoms with Gasteiger partial charge in [0.05, 0.1) is 4.90 Å². The molecule has 0 atom stereocenters. The minimum atomic E-state index is -3.41. The van der Waals surface area contributed by atoms with Crippen LogP contribution >= 0.6 is 11.3 Å². The molecule has 2 rings (SSSR count). The molecule has 0 bridgehead atoms. The van der Waals surface area contributed by atoms with E-state index in [4.69, 9.17) is 5.73 Å². The lowest BCUT2D eigenvalue weighted by Gasteiger charge is -2.05. The molecular formula is C13H16N2O2S2. The highest BCUT2D eigenvalue weighted by Gasteiger charge is 2.15. The van der Waals surface area contributed by atoms with Crippen molar-refractivity contribution in [3.63, 3.8) is 0 Å². The van der Waals surface area contributed by atoms with E-state index in [-0.39, 0.29) is 0 Å². The Morgan fingerprint density at radius 1 is 1.21 bits per heavy atom. The van der Waals surface area contributed by atoms with Crippen LogP contribution in [0.5, 0.6) is 0 Å². The van der Waals surface area contributed by atoms with Crippen molar-refractivity contribution >= 4 is 21.4 Å². The SMILES string of the molecule is NCc1cc(S(=O)(=O)NCCc2ccccc2)cs1. The summed E-state index contributed by atoms with van der Waals surface area (Å²) in [6, 6.07) is 11.4. The van der Waals surface area contributed by atoms with Gasteiger partial charge in [0.2, 0.25) is 10.0 Å². The summed E-state index contributed by atoms with van der Waals surface area (Å²) in [5.74, 6) is 0. The molecule has 0 aliphatic rings. The number of benzene rings is 1. The summed E-state index contributed by atoms with van der Waals surface area (Å²) in [6.07, 6.45) is 0.675. The van der Waals surface area contributed by atoms with Gasteiger partial charge in [-0.2, -0.15) is 0 Å². The molecule has 4 nitrogen and oxygen atoms in total. The summed E-state index contributed by atoms with van der Waals surface area (Å²) in [7, 11) is -3.41. The fourth-order valence-electron chi connectivity index (χ4n) is 1.67. The van der Waals surface area contributed by atoms with Crippen molar-refractivity contribution in [1.29, 1.82) is 0 Å². The van der Waals surface area contributed by atoms with Crippen molar-refractivity contribution in [2.75, 3.05) is 6.54 Å². The van der Waals surface area contributed by atoms with E-state index in [1.165, 1.54) is 11.3 Å². The average Bonchev–Trinajstić information content (AvgIpc) is 2.89. The zero-order chi connectivity index (χ0) is 13.7. The lowest BCUT2D eigenvalue weighted by atomic mass is 10.2. The second kappa shape index (κ2) is 6.29. The van der Waals surface area contributed by atoms with Crippen LogP contribution in [0, 0.1) is 0 Å². The maximum atomic E-state index is 12.0. The van der Waals surface area contributed by atoms with Gasteiger partial charge in [0, 0.05) is 23.3 Å². The van der Waals surface area contributed by atoms with Crippen LogP contribution in [0.25, 0.3) is 0 Å². The van der Waals surface area contributed by atoms with Gasteiger partial charge in [0.25, 0.3) is 0 Å². The third-order valence-corrected chi connectivity index (χ3v) is 5.24. The summed E-state index contributed by atoms with van der Waals surface area (Å²) >= 11 is 1.36. The van der Waals surface area contributed by atoms with E-state index in [2.05, 4.69) is 4.72 Å². The molecule has 0 aliphatic carbocycles. The molecule has 0 saturated heterocycles. The Bertz CT molecular complexity index is 621. The van der Waals surface area contributed by atoms with Gasteiger partial charge in [0.1, 0.15) is 0 Å². The van der Waals surface area contributed by atoms with Crippen molar-refractivity contribution in [3.05, 3.63) is 52.2 Å². The number of hydrogen-bond donors (Lipinski definition) is 2. The Balaban J connectivity index is 1.94. The molecule has 0 radical (unpaired) electrons. The quantitative estimate of drug-likeness (QED) is 0.852. The van der Waals surface area contributed by atoms with Gasteiger partial charge >= 0.3 is 0 Å². The fraction of sp³-hybridized carbons (Fsp3) is 0.231. The van der Waals surface area contributed by atoms with Gasteiger partial charge in [-0.05, 0) is 18.1 Å². The number of sulfonamides is 1. The molecular weight excluding hydrogens is 280 g/mol. The number of nitrogens with two attached hydrogens (primary N) is 1. The van der Waals surface area contributed by atoms with E-state index in [9.17, 15) is 8.42 Å². The van der Waals surface area contributed by atoms with Crippen molar-refractivity contribution in [2.45, 2.75) is 17.9 Å². The van der Waals surface area contributed by atoms with E-state index < -0.39 is 10.0 Å². The largest absolute Gasteiger partial charge is 0.326 e. The Kier molecular flexibility index (Phi) is 4.71. The molecule has 3 N–H and O–H groups in total. The van der Waals surface area contributed by atoms with Crippen LogP contribution in [0.4, 0.5) is 0 Å². The third kappa shape index (κ3) is 3.87. The van der Waals surface area contributed by atoms with Gasteiger partial charge in [-0.3, -0.25) is 0 Å². The van der Waals surface area contributed by atoms with E-state index >= 15 is 0 Å². The van der Waals surface area contributed by atoms with E-state index in [1.807, 2.05) is 30.3 Å². The molecule has 102 valence electrons. The lowest BCUT2D eigenvalue weighted by molar-refractivity contribution is 0.582. The van der Waals surface area contributed by atoms with Gasteiger partial charge in [-0.15, -0.1) is 11.3 Å². The fourth-order valence-corrected chi connectivity index (χ4v) is 3.85. The Hall–Kier alpha value is -1.21. The summed E-state index contributed by atoms with van der Waals surface area (Å²) in [6.45, 7) is 0.754. The zero-order valence-corrected chi connectivity index (χ0v) is 12.0. The van der Waals surface area contributed by atoms with Crippen LogP contribution in [0.3, 0.4) is 0 Å². The van der Waals surface area contributed by atoms with Gasteiger partial charge < -0.3 is 5.73 Å². The van der Waals surface area contributed by atoms with Gasteiger partial charge in [0.15, 0.2) is 0 Å². The van der Waals surface area contributed by atoms with E-state index in [1.54, 1.807) is 11.4 Å². The second-order valence-electron chi connectivity index (χ2n) is 4.09. The molecule has 1 heterocycles.